The zero-order valence-electron chi connectivity index (χ0n) is 29.3. The second-order valence-corrected chi connectivity index (χ2v) is 13.8. The molecule has 54 heavy (non-hydrogen) atoms. The predicted octanol–water partition coefficient (Wildman–Crippen LogP) is 12.8. The standard InChI is InChI=1S/C50H32N4/c1-3-14-33(15-4-1)36-18-13-19-38(30-36)54-46-25-12-9-21-40(46)43-31-47-42(32-48(43)54)39-20-8-11-24-45(39)53(47)37-28-26-35(27-29-37)50-51-44-23-10-7-22-41(44)49(52-50)34-16-5-2-6-17-34/h1-32H. The van der Waals surface area contributed by atoms with Crippen LogP contribution >= 0.6 is 0 Å². The number of benzene rings is 8. The van der Waals surface area contributed by atoms with Crippen LogP contribution in [-0.2, 0) is 0 Å². The molecule has 0 aliphatic heterocycles. The topological polar surface area (TPSA) is 35.6 Å². The summed E-state index contributed by atoms with van der Waals surface area (Å²) in [6, 6.07) is 69.1. The number of hydrogen-bond acceptors (Lipinski definition) is 2. The lowest BCUT2D eigenvalue weighted by atomic mass is 10.1. The second kappa shape index (κ2) is 12.1. The van der Waals surface area contributed by atoms with Gasteiger partial charge in [-0.2, -0.15) is 0 Å². The van der Waals surface area contributed by atoms with E-state index in [1.807, 2.05) is 18.2 Å². The first-order valence-electron chi connectivity index (χ1n) is 18.3. The van der Waals surface area contributed by atoms with Gasteiger partial charge in [-0.15, -0.1) is 0 Å². The highest BCUT2D eigenvalue weighted by Gasteiger charge is 2.19. The average Bonchev–Trinajstić information content (AvgIpc) is 3.75. The van der Waals surface area contributed by atoms with E-state index >= 15 is 0 Å². The van der Waals surface area contributed by atoms with Crippen molar-refractivity contribution in [2.75, 3.05) is 0 Å². The summed E-state index contributed by atoms with van der Waals surface area (Å²) in [6.45, 7) is 0. The number of fused-ring (bicyclic) bond motifs is 7. The monoisotopic (exact) mass is 688 g/mol. The van der Waals surface area contributed by atoms with Crippen LogP contribution in [0.5, 0.6) is 0 Å². The Kier molecular flexibility index (Phi) is 6.82. The molecule has 8 aromatic carbocycles. The smallest absolute Gasteiger partial charge is 0.160 e. The molecule has 3 heterocycles. The maximum atomic E-state index is 5.13. The van der Waals surface area contributed by atoms with Crippen molar-refractivity contribution in [3.63, 3.8) is 0 Å². The molecule has 0 radical (unpaired) electrons. The van der Waals surface area contributed by atoms with Crippen LogP contribution in [0.2, 0.25) is 0 Å². The highest BCUT2D eigenvalue weighted by atomic mass is 15.0. The summed E-state index contributed by atoms with van der Waals surface area (Å²) >= 11 is 0. The van der Waals surface area contributed by atoms with Gasteiger partial charge in [-0.1, -0.05) is 127 Å². The van der Waals surface area contributed by atoms with Crippen LogP contribution < -0.4 is 0 Å². The molecule has 3 aromatic heterocycles. The van der Waals surface area contributed by atoms with Gasteiger partial charge in [0.15, 0.2) is 5.82 Å². The first kappa shape index (κ1) is 30.3. The summed E-state index contributed by atoms with van der Waals surface area (Å²) in [6.07, 6.45) is 0. The van der Waals surface area contributed by atoms with Crippen molar-refractivity contribution in [1.82, 2.24) is 19.1 Å². The first-order chi connectivity index (χ1) is 26.8. The maximum Gasteiger partial charge on any atom is 0.160 e. The Morgan fingerprint density at radius 1 is 0.296 bits per heavy atom. The Morgan fingerprint density at radius 2 is 0.833 bits per heavy atom. The third-order valence-electron chi connectivity index (χ3n) is 10.7. The minimum absolute atomic E-state index is 0.715. The van der Waals surface area contributed by atoms with Crippen molar-refractivity contribution in [1.29, 1.82) is 0 Å². The maximum absolute atomic E-state index is 5.13. The molecule has 11 aromatic rings. The zero-order chi connectivity index (χ0) is 35.6. The van der Waals surface area contributed by atoms with Crippen LogP contribution in [0.4, 0.5) is 0 Å². The molecule has 4 nitrogen and oxygen atoms in total. The Labute approximate surface area is 311 Å². The minimum Gasteiger partial charge on any atom is -0.309 e. The molecule has 0 N–H and O–H groups in total. The molecule has 0 spiro atoms. The van der Waals surface area contributed by atoms with Gasteiger partial charge >= 0.3 is 0 Å². The summed E-state index contributed by atoms with van der Waals surface area (Å²) in [5, 5.41) is 5.94. The fraction of sp³-hybridized carbons (Fsp3) is 0. The molecule has 0 unspecified atom stereocenters. The third kappa shape index (κ3) is 4.78. The number of rotatable bonds is 5. The quantitative estimate of drug-likeness (QED) is 0.180. The van der Waals surface area contributed by atoms with E-state index in [9.17, 15) is 0 Å². The zero-order valence-corrected chi connectivity index (χ0v) is 29.3. The van der Waals surface area contributed by atoms with Crippen LogP contribution in [-0.4, -0.2) is 19.1 Å². The molecule has 0 aliphatic carbocycles. The van der Waals surface area contributed by atoms with Crippen LogP contribution in [0.1, 0.15) is 0 Å². The van der Waals surface area contributed by atoms with Crippen LogP contribution in [0.15, 0.2) is 194 Å². The normalized spacial score (nSPS) is 11.7. The van der Waals surface area contributed by atoms with Gasteiger partial charge in [0.05, 0.1) is 33.3 Å². The van der Waals surface area contributed by atoms with Gasteiger partial charge in [0, 0.05) is 49.4 Å². The second-order valence-electron chi connectivity index (χ2n) is 13.8. The van der Waals surface area contributed by atoms with Crippen molar-refractivity contribution in [3.05, 3.63) is 194 Å². The molecule has 0 saturated carbocycles. The largest absolute Gasteiger partial charge is 0.309 e. The van der Waals surface area contributed by atoms with Crippen molar-refractivity contribution in [2.45, 2.75) is 0 Å². The van der Waals surface area contributed by atoms with Gasteiger partial charge in [0.25, 0.3) is 0 Å². The Hall–Kier alpha value is -7.30. The fourth-order valence-electron chi connectivity index (χ4n) is 8.22. The Balaban J connectivity index is 1.09. The minimum atomic E-state index is 0.715. The summed E-state index contributed by atoms with van der Waals surface area (Å²) in [7, 11) is 0. The van der Waals surface area contributed by atoms with Gasteiger partial charge in [-0.05, 0) is 77.9 Å². The molecule has 0 fully saturated rings. The van der Waals surface area contributed by atoms with Crippen molar-refractivity contribution in [2.24, 2.45) is 0 Å². The van der Waals surface area contributed by atoms with Crippen molar-refractivity contribution in [3.8, 4) is 45.1 Å². The van der Waals surface area contributed by atoms with Gasteiger partial charge < -0.3 is 9.13 Å². The average molecular weight is 689 g/mol. The van der Waals surface area contributed by atoms with E-state index < -0.39 is 0 Å². The van der Waals surface area contributed by atoms with E-state index in [-0.39, 0.29) is 0 Å². The molecule has 0 aliphatic rings. The predicted molar refractivity (Wildman–Crippen MR) is 225 cm³/mol. The Bertz CT molecular complexity index is 3190. The molecule has 0 amide bonds. The van der Waals surface area contributed by atoms with E-state index in [1.54, 1.807) is 0 Å². The first-order valence-corrected chi connectivity index (χ1v) is 18.3. The number of nitrogens with zero attached hydrogens (tertiary/aromatic N) is 4. The lowest BCUT2D eigenvalue weighted by Gasteiger charge is -2.12. The van der Waals surface area contributed by atoms with Gasteiger partial charge in [0.2, 0.25) is 0 Å². The van der Waals surface area contributed by atoms with Gasteiger partial charge in [-0.3, -0.25) is 0 Å². The van der Waals surface area contributed by atoms with E-state index in [2.05, 4.69) is 185 Å². The lowest BCUT2D eigenvalue weighted by Crippen LogP contribution is -1.97. The molecule has 0 saturated heterocycles. The molecule has 0 bridgehead atoms. The molecular formula is C50H32N4. The van der Waals surface area contributed by atoms with Crippen LogP contribution in [0.3, 0.4) is 0 Å². The van der Waals surface area contributed by atoms with Crippen molar-refractivity contribution >= 4 is 54.5 Å². The highest BCUT2D eigenvalue weighted by Crippen LogP contribution is 2.40. The van der Waals surface area contributed by atoms with E-state index in [0.29, 0.717) is 5.82 Å². The summed E-state index contributed by atoms with van der Waals surface area (Å²) in [5.41, 5.74) is 13.3. The van der Waals surface area contributed by atoms with E-state index in [1.165, 1.54) is 54.7 Å². The number of para-hydroxylation sites is 3. The van der Waals surface area contributed by atoms with Gasteiger partial charge in [-0.25, -0.2) is 9.97 Å². The number of aromatic nitrogens is 4. The fourth-order valence-corrected chi connectivity index (χ4v) is 8.22. The highest BCUT2D eigenvalue weighted by molar-refractivity contribution is 6.19. The molecule has 4 heteroatoms. The van der Waals surface area contributed by atoms with Gasteiger partial charge in [0.1, 0.15) is 0 Å². The molecule has 0 atom stereocenters. The molecule has 252 valence electrons. The summed E-state index contributed by atoms with van der Waals surface area (Å²) < 4.78 is 4.82. The van der Waals surface area contributed by atoms with E-state index in [4.69, 9.17) is 9.97 Å². The molecular weight excluding hydrogens is 657 g/mol. The van der Waals surface area contributed by atoms with Crippen molar-refractivity contribution < 1.29 is 0 Å². The summed E-state index contributed by atoms with van der Waals surface area (Å²) in [4.78, 5) is 10.1. The van der Waals surface area contributed by atoms with Crippen LogP contribution in [0.25, 0.3) is 99.7 Å². The third-order valence-corrected chi connectivity index (χ3v) is 10.7. The lowest BCUT2D eigenvalue weighted by molar-refractivity contribution is 1.17. The van der Waals surface area contributed by atoms with Crippen LogP contribution in [0, 0.1) is 0 Å². The summed E-state index contributed by atoms with van der Waals surface area (Å²) in [5.74, 6) is 0.715. The van der Waals surface area contributed by atoms with E-state index in [0.717, 1.165) is 39.1 Å². The molecule has 11 rings (SSSR count). The SMILES string of the molecule is c1ccc(-c2cccc(-n3c4ccccc4c4cc5c(cc43)c3ccccc3n5-c3ccc(-c4nc(-c5ccccc5)c5ccccc5n4)cc3)c2)cc1. The number of hydrogen-bond donors (Lipinski definition) is 0. The Morgan fingerprint density at radius 3 is 1.50 bits per heavy atom.